The van der Waals surface area contributed by atoms with Crippen LogP contribution in [0.2, 0.25) is 10.0 Å². The van der Waals surface area contributed by atoms with Gasteiger partial charge in [0.1, 0.15) is 5.82 Å². The zero-order chi connectivity index (χ0) is 22.4. The van der Waals surface area contributed by atoms with Crippen LogP contribution in [0.4, 0.5) is 0 Å². The predicted molar refractivity (Wildman–Crippen MR) is 137 cm³/mol. The molecular weight excluding hydrogens is 445 g/mol. The molecule has 0 unspecified atom stereocenters. The van der Waals surface area contributed by atoms with Crippen molar-refractivity contribution < 1.29 is 0 Å². The Morgan fingerprint density at radius 2 is 1.81 bits per heavy atom. The molecule has 2 aromatic rings. The Balaban J connectivity index is 2.11. The van der Waals surface area contributed by atoms with Gasteiger partial charge in [-0.05, 0) is 69.7 Å². The summed E-state index contributed by atoms with van der Waals surface area (Å²) in [6, 6.07) is 9.83. The lowest BCUT2D eigenvalue weighted by Crippen LogP contribution is -2.34. The molecule has 3 nitrogen and oxygen atoms in total. The fourth-order valence-electron chi connectivity index (χ4n) is 3.85. The highest BCUT2D eigenvalue weighted by Gasteiger charge is 2.22. The van der Waals surface area contributed by atoms with Gasteiger partial charge in [-0.15, -0.1) is 0 Å². The molecular formula is C25H29Cl2N3S. The lowest BCUT2D eigenvalue weighted by Gasteiger charge is -2.33. The molecule has 1 aliphatic rings. The zero-order valence-corrected chi connectivity index (χ0v) is 20.9. The summed E-state index contributed by atoms with van der Waals surface area (Å²) in [5.74, 6) is 0.982. The van der Waals surface area contributed by atoms with Crippen molar-refractivity contribution in [3.8, 4) is 0 Å². The minimum absolute atomic E-state index is 0.588. The first-order valence-electron chi connectivity index (χ1n) is 10.5. The van der Waals surface area contributed by atoms with Crippen LogP contribution < -0.4 is 0 Å². The van der Waals surface area contributed by atoms with Crippen LogP contribution >= 0.6 is 35.0 Å². The van der Waals surface area contributed by atoms with E-state index in [2.05, 4.69) is 43.0 Å². The second-order valence-corrected chi connectivity index (χ2v) is 9.75. The molecule has 3 rings (SSSR count). The Labute approximate surface area is 200 Å². The second-order valence-electron chi connectivity index (χ2n) is 7.77. The van der Waals surface area contributed by atoms with Crippen LogP contribution in [0.5, 0.6) is 0 Å². The number of aliphatic imine (C=N–C) groups is 1. The number of rotatable bonds is 6. The van der Waals surface area contributed by atoms with Crippen molar-refractivity contribution in [2.75, 3.05) is 19.3 Å². The lowest BCUT2D eigenvalue weighted by atomic mass is 9.92. The Bertz CT molecular complexity index is 984. The third-order valence-electron chi connectivity index (χ3n) is 5.48. The van der Waals surface area contributed by atoms with E-state index in [9.17, 15) is 0 Å². The predicted octanol–water partition coefficient (Wildman–Crippen LogP) is 7.36. The Kier molecular flexibility index (Phi) is 8.65. The summed E-state index contributed by atoms with van der Waals surface area (Å²) in [5, 5.41) is 2.03. The third kappa shape index (κ3) is 5.94. The van der Waals surface area contributed by atoms with E-state index >= 15 is 0 Å². The topological polar surface area (TPSA) is 28.5 Å². The molecule has 1 aromatic carbocycles. The van der Waals surface area contributed by atoms with Gasteiger partial charge in [0.25, 0.3) is 0 Å². The van der Waals surface area contributed by atoms with Gasteiger partial charge in [0.2, 0.25) is 0 Å². The van der Waals surface area contributed by atoms with Crippen LogP contribution in [0.1, 0.15) is 44.7 Å². The van der Waals surface area contributed by atoms with Gasteiger partial charge in [0.05, 0.1) is 10.7 Å². The fraction of sp³-hybridized carbons (Fsp3) is 0.360. The Morgan fingerprint density at radius 1 is 1.13 bits per heavy atom. The molecule has 0 N–H and O–H groups in total. The first-order valence-corrected chi connectivity index (χ1v) is 12.5. The normalized spacial score (nSPS) is 15.9. The third-order valence-corrected chi connectivity index (χ3v) is 7.17. The number of likely N-dealkylation sites (tertiary alicyclic amines) is 1. The molecule has 0 aliphatic carbocycles. The van der Waals surface area contributed by atoms with E-state index in [4.69, 9.17) is 28.2 Å². The molecule has 0 atom stereocenters. The molecule has 164 valence electrons. The summed E-state index contributed by atoms with van der Waals surface area (Å²) in [4.78, 5) is 11.8. The monoisotopic (exact) mass is 473 g/mol. The maximum atomic E-state index is 6.61. The van der Waals surface area contributed by atoms with Gasteiger partial charge in [-0.1, -0.05) is 40.9 Å². The zero-order valence-electron chi connectivity index (χ0n) is 18.5. The average molecular weight is 475 g/mol. The number of pyridine rings is 1. The molecule has 31 heavy (non-hydrogen) atoms. The molecule has 1 aromatic heterocycles. The molecule has 2 heterocycles. The van der Waals surface area contributed by atoms with E-state index < -0.39 is 0 Å². The van der Waals surface area contributed by atoms with E-state index in [0.29, 0.717) is 10.0 Å². The average Bonchev–Trinajstić information content (AvgIpc) is 2.78. The maximum Gasteiger partial charge on any atom is 0.124 e. The van der Waals surface area contributed by atoms with E-state index in [-0.39, 0.29) is 0 Å². The van der Waals surface area contributed by atoms with Crippen LogP contribution in [0.25, 0.3) is 5.57 Å². The molecule has 0 radical (unpaired) electrons. The Hall–Kier alpha value is -1.75. The number of nitrogens with zero attached hydrogens (tertiary/aromatic N) is 3. The highest BCUT2D eigenvalue weighted by molar-refractivity contribution is 7.99. The van der Waals surface area contributed by atoms with E-state index in [1.165, 1.54) is 12.8 Å². The fourth-order valence-corrected chi connectivity index (χ4v) is 4.87. The minimum atomic E-state index is 0.588. The molecule has 0 saturated carbocycles. The molecule has 1 fully saturated rings. The summed E-state index contributed by atoms with van der Waals surface area (Å²) in [7, 11) is 0. The number of hydrogen-bond acceptors (Lipinski definition) is 4. The highest BCUT2D eigenvalue weighted by Crippen LogP contribution is 2.31. The summed E-state index contributed by atoms with van der Waals surface area (Å²) in [6.07, 6.45) is 10.1. The number of piperidine rings is 1. The largest absolute Gasteiger partial charge is 0.357 e. The molecule has 1 saturated heterocycles. The minimum Gasteiger partial charge on any atom is -0.357 e. The van der Waals surface area contributed by atoms with E-state index in [1.54, 1.807) is 12.4 Å². The van der Waals surface area contributed by atoms with Crippen molar-refractivity contribution in [1.29, 1.82) is 0 Å². The summed E-state index contributed by atoms with van der Waals surface area (Å²) in [5.41, 5.74) is 5.01. The maximum absolute atomic E-state index is 6.61. The van der Waals surface area contributed by atoms with Crippen LogP contribution in [0.15, 0.2) is 65.2 Å². The lowest BCUT2D eigenvalue weighted by molar-refractivity contribution is 0.288. The molecule has 6 heteroatoms. The highest BCUT2D eigenvalue weighted by atomic mass is 35.5. The van der Waals surface area contributed by atoms with Gasteiger partial charge in [0, 0.05) is 46.9 Å². The smallest absolute Gasteiger partial charge is 0.124 e. The first-order chi connectivity index (χ1) is 14.9. The number of allylic oxidation sites excluding steroid dienone is 3. The van der Waals surface area contributed by atoms with Crippen molar-refractivity contribution in [1.82, 2.24) is 9.88 Å². The van der Waals surface area contributed by atoms with Crippen molar-refractivity contribution >= 4 is 46.2 Å². The van der Waals surface area contributed by atoms with E-state index in [1.807, 2.05) is 42.1 Å². The van der Waals surface area contributed by atoms with Crippen LogP contribution in [-0.4, -0.2) is 40.2 Å². The van der Waals surface area contributed by atoms with Gasteiger partial charge >= 0.3 is 0 Å². The summed E-state index contributed by atoms with van der Waals surface area (Å²) in [6.45, 7) is 8.28. The van der Waals surface area contributed by atoms with Crippen molar-refractivity contribution in [2.24, 2.45) is 4.99 Å². The SMILES string of the molecule is C/C=C(\N=C(/C(=C(C)C)c1ccc(Cl)cc1)c1ccncc1Cl)N1CCC(SC)CC1. The quantitative estimate of drug-likeness (QED) is 0.410. The first kappa shape index (κ1) is 23.9. The van der Waals surface area contributed by atoms with Gasteiger partial charge in [-0.25, -0.2) is 4.99 Å². The van der Waals surface area contributed by atoms with Crippen molar-refractivity contribution in [3.05, 3.63) is 81.4 Å². The van der Waals surface area contributed by atoms with Crippen molar-refractivity contribution in [2.45, 2.75) is 38.9 Å². The van der Waals surface area contributed by atoms with Gasteiger partial charge in [-0.2, -0.15) is 11.8 Å². The number of hydrogen-bond donors (Lipinski definition) is 0. The summed E-state index contributed by atoms with van der Waals surface area (Å²) < 4.78 is 0. The van der Waals surface area contributed by atoms with Gasteiger partial charge < -0.3 is 4.90 Å². The second kappa shape index (κ2) is 11.2. The molecule has 0 bridgehead atoms. The van der Waals surface area contributed by atoms with Crippen LogP contribution in [0, 0.1) is 0 Å². The van der Waals surface area contributed by atoms with Gasteiger partial charge in [-0.3, -0.25) is 4.98 Å². The van der Waals surface area contributed by atoms with Crippen LogP contribution in [-0.2, 0) is 0 Å². The molecule has 0 spiro atoms. The van der Waals surface area contributed by atoms with E-state index in [0.717, 1.165) is 52.1 Å². The molecule has 0 amide bonds. The van der Waals surface area contributed by atoms with Crippen LogP contribution in [0.3, 0.4) is 0 Å². The standard InChI is InChI=1S/C25H29Cl2N3S/c1-5-23(30-14-11-20(31-4)12-15-30)29-25(21-10-13-28-16-22(21)27)24(17(2)3)18-6-8-19(26)9-7-18/h5-10,13,16,20H,11-12,14-15H2,1-4H3/b23-5+,29-25-. The number of thioether (sulfide) groups is 1. The summed E-state index contributed by atoms with van der Waals surface area (Å²) >= 11 is 14.7. The number of aromatic nitrogens is 1. The molecule has 1 aliphatic heterocycles. The Morgan fingerprint density at radius 3 is 2.35 bits per heavy atom. The number of benzene rings is 1. The van der Waals surface area contributed by atoms with Gasteiger partial charge in [0.15, 0.2) is 0 Å². The number of halogens is 2. The van der Waals surface area contributed by atoms with Crippen molar-refractivity contribution in [3.63, 3.8) is 0 Å².